The first-order valence-electron chi connectivity index (χ1n) is 5.03. The highest BCUT2D eigenvalue weighted by Gasteiger charge is 2.32. The van der Waals surface area contributed by atoms with Crippen LogP contribution in [0.4, 0.5) is 19.0 Å². The lowest BCUT2D eigenvalue weighted by molar-refractivity contribution is -0.141. The van der Waals surface area contributed by atoms with Gasteiger partial charge in [0, 0.05) is 13.1 Å². The second kappa shape index (κ2) is 5.69. The zero-order valence-corrected chi connectivity index (χ0v) is 8.93. The van der Waals surface area contributed by atoms with E-state index in [1.165, 1.54) is 12.1 Å². The number of rotatable bonds is 5. The van der Waals surface area contributed by atoms with Crippen LogP contribution < -0.4 is 10.6 Å². The third kappa shape index (κ3) is 4.06. The summed E-state index contributed by atoms with van der Waals surface area (Å²) in [4.78, 5) is 3.48. The molecule has 0 aliphatic rings. The van der Waals surface area contributed by atoms with Crippen LogP contribution in [-0.4, -0.2) is 24.6 Å². The van der Waals surface area contributed by atoms with Gasteiger partial charge < -0.3 is 10.6 Å². The Labute approximate surface area is 92.1 Å². The number of halogens is 3. The molecule has 0 atom stereocenters. The molecule has 6 heteroatoms. The highest BCUT2D eigenvalue weighted by Crippen LogP contribution is 2.27. The molecule has 0 aromatic carbocycles. The Morgan fingerprint density at radius 3 is 2.62 bits per heavy atom. The lowest BCUT2D eigenvalue weighted by atomic mass is 10.3. The Morgan fingerprint density at radius 1 is 1.25 bits per heavy atom. The predicted molar refractivity (Wildman–Crippen MR) is 56.3 cm³/mol. The van der Waals surface area contributed by atoms with E-state index in [0.717, 1.165) is 12.6 Å². The maximum absolute atomic E-state index is 12.3. The minimum Gasteiger partial charge on any atom is -0.369 e. The topological polar surface area (TPSA) is 37.0 Å². The molecular formula is C10H14F3N3. The van der Waals surface area contributed by atoms with Crippen LogP contribution in [0.15, 0.2) is 18.2 Å². The molecule has 1 aromatic heterocycles. The second-order valence-corrected chi connectivity index (χ2v) is 3.19. The maximum Gasteiger partial charge on any atom is 0.433 e. The lowest BCUT2D eigenvalue weighted by Crippen LogP contribution is -2.22. The summed E-state index contributed by atoms with van der Waals surface area (Å²) in [5.74, 6) is 0.243. The van der Waals surface area contributed by atoms with Crippen molar-refractivity contribution < 1.29 is 13.2 Å². The summed E-state index contributed by atoms with van der Waals surface area (Å²) in [6.45, 7) is 4.02. The first kappa shape index (κ1) is 12.8. The van der Waals surface area contributed by atoms with E-state index in [2.05, 4.69) is 15.6 Å². The fourth-order valence-corrected chi connectivity index (χ4v) is 1.15. The van der Waals surface area contributed by atoms with E-state index in [4.69, 9.17) is 0 Å². The summed E-state index contributed by atoms with van der Waals surface area (Å²) in [5, 5.41) is 5.87. The minimum absolute atomic E-state index is 0.243. The summed E-state index contributed by atoms with van der Waals surface area (Å²) in [5.41, 5.74) is -0.874. The minimum atomic E-state index is -4.39. The summed E-state index contributed by atoms with van der Waals surface area (Å²) >= 11 is 0. The largest absolute Gasteiger partial charge is 0.433 e. The summed E-state index contributed by atoms with van der Waals surface area (Å²) in [6.07, 6.45) is -4.39. The number of pyridine rings is 1. The van der Waals surface area contributed by atoms with E-state index in [9.17, 15) is 13.2 Å². The zero-order chi connectivity index (χ0) is 12.0. The van der Waals surface area contributed by atoms with Crippen LogP contribution in [0.3, 0.4) is 0 Å². The van der Waals surface area contributed by atoms with Crippen LogP contribution in [0.1, 0.15) is 12.6 Å². The molecule has 16 heavy (non-hydrogen) atoms. The highest BCUT2D eigenvalue weighted by molar-refractivity contribution is 5.35. The van der Waals surface area contributed by atoms with Gasteiger partial charge in [0.15, 0.2) is 0 Å². The maximum atomic E-state index is 12.3. The van der Waals surface area contributed by atoms with Gasteiger partial charge in [-0.05, 0) is 18.7 Å². The van der Waals surface area contributed by atoms with Crippen molar-refractivity contribution in [2.75, 3.05) is 25.0 Å². The van der Waals surface area contributed by atoms with Crippen molar-refractivity contribution in [1.29, 1.82) is 0 Å². The van der Waals surface area contributed by atoms with E-state index >= 15 is 0 Å². The first-order chi connectivity index (χ1) is 7.54. The third-order valence-electron chi connectivity index (χ3n) is 1.90. The molecule has 2 N–H and O–H groups in total. The van der Waals surface area contributed by atoms with Gasteiger partial charge in [-0.1, -0.05) is 13.0 Å². The van der Waals surface area contributed by atoms with Crippen LogP contribution in [0.25, 0.3) is 0 Å². The molecule has 0 radical (unpaired) electrons. The van der Waals surface area contributed by atoms with Gasteiger partial charge in [-0.25, -0.2) is 4.98 Å². The molecule has 90 valence electrons. The fourth-order valence-electron chi connectivity index (χ4n) is 1.15. The number of aromatic nitrogens is 1. The van der Waals surface area contributed by atoms with E-state index in [1.54, 1.807) is 0 Å². The van der Waals surface area contributed by atoms with E-state index < -0.39 is 11.9 Å². The van der Waals surface area contributed by atoms with Crippen LogP contribution >= 0.6 is 0 Å². The van der Waals surface area contributed by atoms with Gasteiger partial charge in [-0.15, -0.1) is 0 Å². The zero-order valence-electron chi connectivity index (χ0n) is 8.93. The molecule has 0 unspecified atom stereocenters. The van der Waals surface area contributed by atoms with Crippen LogP contribution in [0, 0.1) is 0 Å². The lowest BCUT2D eigenvalue weighted by Gasteiger charge is -2.09. The van der Waals surface area contributed by atoms with Crippen molar-refractivity contribution in [1.82, 2.24) is 10.3 Å². The van der Waals surface area contributed by atoms with Gasteiger partial charge in [0.1, 0.15) is 11.5 Å². The molecule has 0 bridgehead atoms. The molecular weight excluding hydrogens is 219 g/mol. The number of hydrogen-bond acceptors (Lipinski definition) is 3. The molecule has 1 rings (SSSR count). The molecule has 3 nitrogen and oxygen atoms in total. The molecule has 0 saturated heterocycles. The van der Waals surface area contributed by atoms with Crippen LogP contribution in [0.5, 0.6) is 0 Å². The monoisotopic (exact) mass is 233 g/mol. The highest BCUT2D eigenvalue weighted by atomic mass is 19.4. The Hall–Kier alpha value is -1.30. The van der Waals surface area contributed by atoms with Gasteiger partial charge in [-0.2, -0.15) is 13.2 Å². The number of alkyl halides is 3. The van der Waals surface area contributed by atoms with Crippen molar-refractivity contribution in [2.45, 2.75) is 13.1 Å². The van der Waals surface area contributed by atoms with Crippen molar-refractivity contribution in [3.8, 4) is 0 Å². The van der Waals surface area contributed by atoms with Crippen molar-refractivity contribution >= 4 is 5.82 Å². The smallest absolute Gasteiger partial charge is 0.369 e. The molecule has 0 fully saturated rings. The quantitative estimate of drug-likeness (QED) is 0.765. The molecule has 0 aliphatic heterocycles. The van der Waals surface area contributed by atoms with Gasteiger partial charge in [0.2, 0.25) is 0 Å². The van der Waals surface area contributed by atoms with Gasteiger partial charge in [0.25, 0.3) is 0 Å². The van der Waals surface area contributed by atoms with E-state index in [-0.39, 0.29) is 5.82 Å². The molecule has 0 amide bonds. The number of nitrogens with one attached hydrogen (secondary N) is 2. The SMILES string of the molecule is CCNCCNc1cccc(C(F)(F)F)n1. The van der Waals surface area contributed by atoms with Crippen molar-refractivity contribution in [2.24, 2.45) is 0 Å². The van der Waals surface area contributed by atoms with Gasteiger partial charge >= 0.3 is 6.18 Å². The normalized spacial score (nSPS) is 11.5. The third-order valence-corrected chi connectivity index (χ3v) is 1.90. The van der Waals surface area contributed by atoms with Crippen LogP contribution in [0.2, 0.25) is 0 Å². The summed E-state index contributed by atoms with van der Waals surface area (Å²) in [6, 6.07) is 3.81. The standard InChI is InChI=1S/C10H14F3N3/c1-2-14-6-7-15-9-5-3-4-8(16-9)10(11,12)13/h3-5,14H,2,6-7H2,1H3,(H,15,16). The number of nitrogens with zero attached hydrogens (tertiary/aromatic N) is 1. The fraction of sp³-hybridized carbons (Fsp3) is 0.500. The second-order valence-electron chi connectivity index (χ2n) is 3.19. The Balaban J connectivity index is 2.54. The van der Waals surface area contributed by atoms with Crippen molar-refractivity contribution in [3.63, 3.8) is 0 Å². The van der Waals surface area contributed by atoms with E-state index in [1.807, 2.05) is 6.92 Å². The Bertz CT molecular complexity index is 325. The Kier molecular flexibility index (Phi) is 4.54. The van der Waals surface area contributed by atoms with Crippen molar-refractivity contribution in [3.05, 3.63) is 23.9 Å². The summed E-state index contributed by atoms with van der Waals surface area (Å²) in [7, 11) is 0. The average Bonchev–Trinajstić information content (AvgIpc) is 2.24. The van der Waals surface area contributed by atoms with Gasteiger partial charge in [0.05, 0.1) is 0 Å². The molecule has 1 aromatic rings. The predicted octanol–water partition coefficient (Wildman–Crippen LogP) is 2.12. The molecule has 0 spiro atoms. The first-order valence-corrected chi connectivity index (χ1v) is 5.03. The summed E-state index contributed by atoms with van der Waals surface area (Å²) < 4.78 is 36.9. The average molecular weight is 233 g/mol. The molecule has 1 heterocycles. The van der Waals surface area contributed by atoms with Gasteiger partial charge in [-0.3, -0.25) is 0 Å². The number of anilines is 1. The molecule has 0 aliphatic carbocycles. The number of likely N-dealkylation sites (N-methyl/N-ethyl adjacent to an activating group) is 1. The van der Waals surface area contributed by atoms with Crippen LogP contribution in [-0.2, 0) is 6.18 Å². The Morgan fingerprint density at radius 2 is 2.00 bits per heavy atom. The number of hydrogen-bond donors (Lipinski definition) is 2. The molecule has 0 saturated carbocycles. The van der Waals surface area contributed by atoms with E-state index in [0.29, 0.717) is 13.1 Å².